The highest BCUT2D eigenvalue weighted by Crippen LogP contribution is 2.41. The quantitative estimate of drug-likeness (QED) is 0.695. The molecule has 24 heavy (non-hydrogen) atoms. The van der Waals surface area contributed by atoms with E-state index in [0.29, 0.717) is 22.6 Å². The molecule has 4 rings (SSSR count). The molecule has 3 nitrogen and oxygen atoms in total. The fourth-order valence-corrected chi connectivity index (χ4v) is 3.63. The molecule has 0 saturated carbocycles. The Labute approximate surface area is 139 Å². The van der Waals surface area contributed by atoms with Gasteiger partial charge in [0.25, 0.3) is 0 Å². The molecule has 1 aliphatic heterocycles. The molecular formula is C19H17F2N3. The van der Waals surface area contributed by atoms with Crippen LogP contribution in [0.25, 0.3) is 10.9 Å². The molecule has 2 aromatic carbocycles. The summed E-state index contributed by atoms with van der Waals surface area (Å²) in [7, 11) is 0. The summed E-state index contributed by atoms with van der Waals surface area (Å²) in [4.78, 5) is 10.8. The number of nitrogens with zero attached hydrogens (tertiary/aromatic N) is 3. The molecule has 5 heteroatoms. The lowest BCUT2D eigenvalue weighted by molar-refractivity contribution is 0.526. The van der Waals surface area contributed by atoms with Gasteiger partial charge in [0.05, 0.1) is 11.6 Å². The molecule has 0 aliphatic carbocycles. The van der Waals surface area contributed by atoms with Crippen LogP contribution in [0.2, 0.25) is 0 Å². The van der Waals surface area contributed by atoms with E-state index in [1.54, 1.807) is 18.2 Å². The van der Waals surface area contributed by atoms with E-state index in [0.717, 1.165) is 18.5 Å². The Kier molecular flexibility index (Phi) is 3.63. The van der Waals surface area contributed by atoms with Crippen molar-refractivity contribution in [3.05, 3.63) is 66.0 Å². The monoisotopic (exact) mass is 325 g/mol. The van der Waals surface area contributed by atoms with Gasteiger partial charge in [0.15, 0.2) is 0 Å². The molecule has 0 radical (unpaired) electrons. The summed E-state index contributed by atoms with van der Waals surface area (Å²) in [5.41, 5.74) is 1.63. The fourth-order valence-electron chi connectivity index (χ4n) is 3.63. The minimum Gasteiger partial charge on any atom is -0.349 e. The molecule has 1 aromatic heterocycles. The second-order valence-corrected chi connectivity index (χ2v) is 6.32. The lowest BCUT2D eigenvalue weighted by Gasteiger charge is -2.29. The lowest BCUT2D eigenvalue weighted by Crippen LogP contribution is -2.26. The van der Waals surface area contributed by atoms with Gasteiger partial charge in [0.2, 0.25) is 0 Å². The molecule has 2 heterocycles. The normalized spacial score (nSPS) is 20.7. The van der Waals surface area contributed by atoms with Gasteiger partial charge in [0, 0.05) is 11.9 Å². The van der Waals surface area contributed by atoms with Crippen LogP contribution in [0, 0.1) is 17.6 Å². The predicted molar refractivity (Wildman–Crippen MR) is 89.8 cm³/mol. The smallest absolute Gasteiger partial charge is 0.140 e. The van der Waals surface area contributed by atoms with E-state index in [2.05, 4.69) is 21.8 Å². The maximum absolute atomic E-state index is 13.7. The zero-order chi connectivity index (χ0) is 16.7. The van der Waals surface area contributed by atoms with Gasteiger partial charge in [-0.1, -0.05) is 19.1 Å². The van der Waals surface area contributed by atoms with Gasteiger partial charge in [0.1, 0.15) is 23.8 Å². The number of fused-ring (bicyclic) bond motifs is 1. The third kappa shape index (κ3) is 2.50. The van der Waals surface area contributed by atoms with Crippen LogP contribution in [-0.4, -0.2) is 16.5 Å². The predicted octanol–water partition coefficient (Wildman–Crippen LogP) is 4.50. The first-order valence-corrected chi connectivity index (χ1v) is 8.06. The van der Waals surface area contributed by atoms with Gasteiger partial charge in [-0.15, -0.1) is 0 Å². The second kappa shape index (κ2) is 5.82. The highest BCUT2D eigenvalue weighted by atomic mass is 19.1. The topological polar surface area (TPSA) is 29.0 Å². The Morgan fingerprint density at radius 3 is 2.71 bits per heavy atom. The fraction of sp³-hybridized carbons (Fsp3) is 0.263. The minimum atomic E-state index is -0.312. The van der Waals surface area contributed by atoms with Gasteiger partial charge in [-0.2, -0.15) is 0 Å². The SMILES string of the molecule is CC1CCN(c2ncnc3ccc(F)cc23)C1c1cccc(F)c1. The molecule has 0 bridgehead atoms. The second-order valence-electron chi connectivity index (χ2n) is 6.32. The van der Waals surface area contributed by atoms with Crippen LogP contribution < -0.4 is 4.90 Å². The van der Waals surface area contributed by atoms with Gasteiger partial charge in [-0.05, 0) is 48.2 Å². The number of rotatable bonds is 2. The van der Waals surface area contributed by atoms with Crippen LogP contribution in [0.4, 0.5) is 14.6 Å². The largest absolute Gasteiger partial charge is 0.349 e. The molecular weight excluding hydrogens is 308 g/mol. The molecule has 2 unspecified atom stereocenters. The minimum absolute atomic E-state index is 0.0158. The van der Waals surface area contributed by atoms with Crippen molar-refractivity contribution < 1.29 is 8.78 Å². The number of hydrogen-bond donors (Lipinski definition) is 0. The van der Waals surface area contributed by atoms with E-state index in [9.17, 15) is 8.78 Å². The van der Waals surface area contributed by atoms with E-state index in [4.69, 9.17) is 0 Å². The van der Waals surface area contributed by atoms with Crippen LogP contribution in [0.15, 0.2) is 48.8 Å². The number of halogens is 2. The molecule has 122 valence electrons. The van der Waals surface area contributed by atoms with Crippen molar-refractivity contribution >= 4 is 16.7 Å². The average Bonchev–Trinajstić information content (AvgIpc) is 2.95. The average molecular weight is 325 g/mol. The maximum atomic E-state index is 13.7. The number of benzene rings is 2. The number of anilines is 1. The Bertz CT molecular complexity index is 897. The van der Waals surface area contributed by atoms with Crippen molar-refractivity contribution in [3.8, 4) is 0 Å². The molecule has 2 atom stereocenters. The summed E-state index contributed by atoms with van der Waals surface area (Å²) in [6.45, 7) is 2.95. The van der Waals surface area contributed by atoms with E-state index in [1.165, 1.54) is 24.5 Å². The van der Waals surface area contributed by atoms with Crippen molar-refractivity contribution in [2.45, 2.75) is 19.4 Å². The summed E-state index contributed by atoms with van der Waals surface area (Å²) >= 11 is 0. The molecule has 1 fully saturated rings. The van der Waals surface area contributed by atoms with E-state index < -0.39 is 0 Å². The Hall–Kier alpha value is -2.56. The maximum Gasteiger partial charge on any atom is 0.140 e. The summed E-state index contributed by atoms with van der Waals surface area (Å²) in [6.07, 6.45) is 2.48. The molecule has 0 amide bonds. The Morgan fingerprint density at radius 2 is 1.88 bits per heavy atom. The molecule has 0 spiro atoms. The number of hydrogen-bond acceptors (Lipinski definition) is 3. The van der Waals surface area contributed by atoms with Crippen molar-refractivity contribution in [2.24, 2.45) is 5.92 Å². The summed E-state index contributed by atoms with van der Waals surface area (Å²) < 4.78 is 27.4. The van der Waals surface area contributed by atoms with Crippen molar-refractivity contribution in [1.29, 1.82) is 0 Å². The van der Waals surface area contributed by atoms with E-state index in [1.807, 2.05) is 6.07 Å². The molecule has 1 saturated heterocycles. The summed E-state index contributed by atoms with van der Waals surface area (Å²) in [6, 6.07) is 11.2. The molecule has 3 aromatic rings. The van der Waals surface area contributed by atoms with Crippen molar-refractivity contribution in [2.75, 3.05) is 11.4 Å². The summed E-state index contributed by atoms with van der Waals surface area (Å²) in [5, 5.41) is 0.688. The van der Waals surface area contributed by atoms with Crippen molar-refractivity contribution in [3.63, 3.8) is 0 Å². The zero-order valence-corrected chi connectivity index (χ0v) is 13.3. The van der Waals surface area contributed by atoms with Crippen LogP contribution in [0.5, 0.6) is 0 Å². The van der Waals surface area contributed by atoms with Crippen LogP contribution >= 0.6 is 0 Å². The Morgan fingerprint density at radius 1 is 1.04 bits per heavy atom. The summed E-state index contributed by atoms with van der Waals surface area (Å²) in [5.74, 6) is 0.502. The van der Waals surface area contributed by atoms with Gasteiger partial charge < -0.3 is 4.90 Å². The third-order valence-corrected chi connectivity index (χ3v) is 4.74. The van der Waals surface area contributed by atoms with Gasteiger partial charge in [-0.3, -0.25) is 0 Å². The molecule has 1 aliphatic rings. The standard InChI is InChI=1S/C19H17F2N3/c1-12-7-8-24(18(12)13-3-2-4-14(20)9-13)19-16-10-15(21)5-6-17(16)22-11-23-19/h2-6,9-12,18H,7-8H2,1H3. The highest BCUT2D eigenvalue weighted by Gasteiger charge is 2.34. The third-order valence-electron chi connectivity index (χ3n) is 4.74. The number of aromatic nitrogens is 2. The van der Waals surface area contributed by atoms with Gasteiger partial charge in [-0.25, -0.2) is 18.7 Å². The van der Waals surface area contributed by atoms with E-state index >= 15 is 0 Å². The first-order chi connectivity index (χ1) is 11.6. The van der Waals surface area contributed by atoms with Crippen LogP contribution in [0.1, 0.15) is 24.9 Å². The van der Waals surface area contributed by atoms with Crippen LogP contribution in [0.3, 0.4) is 0 Å². The zero-order valence-electron chi connectivity index (χ0n) is 13.3. The first-order valence-electron chi connectivity index (χ1n) is 8.06. The van der Waals surface area contributed by atoms with E-state index in [-0.39, 0.29) is 17.7 Å². The lowest BCUT2D eigenvalue weighted by atomic mass is 9.95. The first kappa shape index (κ1) is 15.0. The highest BCUT2D eigenvalue weighted by molar-refractivity contribution is 5.89. The Balaban J connectivity index is 1.85. The molecule has 0 N–H and O–H groups in total. The van der Waals surface area contributed by atoms with Crippen LogP contribution in [-0.2, 0) is 0 Å². The van der Waals surface area contributed by atoms with Crippen molar-refractivity contribution in [1.82, 2.24) is 9.97 Å². The van der Waals surface area contributed by atoms with Gasteiger partial charge >= 0.3 is 0 Å².